The number of nitrogens with zero attached hydrogens (tertiary/aromatic N) is 5. The van der Waals surface area contributed by atoms with Crippen molar-refractivity contribution >= 4 is 5.91 Å². The summed E-state index contributed by atoms with van der Waals surface area (Å²) in [6.45, 7) is 1.51. The van der Waals surface area contributed by atoms with Crippen LogP contribution in [0.4, 0.5) is 0 Å². The summed E-state index contributed by atoms with van der Waals surface area (Å²) in [5.74, 6) is 2.18. The van der Waals surface area contributed by atoms with Gasteiger partial charge in [-0.15, -0.1) is 0 Å². The summed E-state index contributed by atoms with van der Waals surface area (Å²) in [4.78, 5) is 23.8. The van der Waals surface area contributed by atoms with Crippen molar-refractivity contribution in [2.75, 3.05) is 20.2 Å². The molecule has 0 radical (unpaired) electrons. The molecule has 3 heterocycles. The monoisotopic (exact) mass is 406 g/mol. The number of benzene rings is 1. The molecule has 30 heavy (non-hydrogen) atoms. The van der Waals surface area contributed by atoms with Crippen molar-refractivity contribution in [1.29, 1.82) is 0 Å². The summed E-state index contributed by atoms with van der Waals surface area (Å²) in [7, 11) is 1.66. The molecule has 8 heteroatoms. The predicted molar refractivity (Wildman–Crippen MR) is 112 cm³/mol. The van der Waals surface area contributed by atoms with Crippen LogP contribution in [-0.2, 0) is 11.2 Å². The fourth-order valence-corrected chi connectivity index (χ4v) is 3.80. The van der Waals surface area contributed by atoms with Crippen molar-refractivity contribution in [3.05, 3.63) is 54.2 Å². The van der Waals surface area contributed by atoms with Gasteiger partial charge < -0.3 is 9.64 Å². The molecular formula is C22H26N6O2. The van der Waals surface area contributed by atoms with Crippen LogP contribution >= 0.6 is 0 Å². The largest absolute Gasteiger partial charge is 0.497 e. The van der Waals surface area contributed by atoms with E-state index in [-0.39, 0.29) is 11.8 Å². The Hall–Kier alpha value is -3.29. The number of hydrogen-bond donors (Lipinski definition) is 1. The Balaban J connectivity index is 1.30. The molecule has 1 N–H and O–H groups in total. The number of piperidine rings is 1. The minimum atomic E-state index is 0.213. The van der Waals surface area contributed by atoms with Gasteiger partial charge in [0.05, 0.1) is 24.7 Å². The molecule has 1 amide bonds. The number of aromatic nitrogens is 5. The number of amides is 1. The van der Waals surface area contributed by atoms with E-state index in [1.54, 1.807) is 13.3 Å². The lowest BCUT2D eigenvalue weighted by Crippen LogP contribution is -2.38. The molecule has 2 aromatic heterocycles. The van der Waals surface area contributed by atoms with Crippen LogP contribution in [0.1, 0.15) is 43.1 Å². The maximum atomic E-state index is 12.5. The summed E-state index contributed by atoms with van der Waals surface area (Å²) in [6.07, 6.45) is 7.41. The number of nitrogens with one attached hydrogen (secondary N) is 1. The lowest BCUT2D eigenvalue weighted by molar-refractivity contribution is -0.132. The van der Waals surface area contributed by atoms with Crippen molar-refractivity contribution < 1.29 is 9.53 Å². The SMILES string of the molecule is COc1ccc(-c2ccnc(C3CCN(C(=O)CCCc4cn[nH]n4)CC3)n2)cc1. The highest BCUT2D eigenvalue weighted by atomic mass is 16.5. The molecule has 0 saturated carbocycles. The van der Waals surface area contributed by atoms with E-state index in [9.17, 15) is 4.79 Å². The Morgan fingerprint density at radius 1 is 1.20 bits per heavy atom. The summed E-state index contributed by atoms with van der Waals surface area (Å²) in [5.41, 5.74) is 2.85. The number of likely N-dealkylation sites (tertiary alicyclic amines) is 1. The van der Waals surface area contributed by atoms with Crippen molar-refractivity contribution in [2.24, 2.45) is 0 Å². The average Bonchev–Trinajstić information content (AvgIpc) is 3.33. The van der Waals surface area contributed by atoms with Gasteiger partial charge in [-0.2, -0.15) is 15.4 Å². The van der Waals surface area contributed by atoms with E-state index in [0.717, 1.165) is 67.3 Å². The van der Waals surface area contributed by atoms with Crippen LogP contribution in [-0.4, -0.2) is 56.4 Å². The van der Waals surface area contributed by atoms with Crippen LogP contribution < -0.4 is 4.74 Å². The molecule has 1 saturated heterocycles. The van der Waals surface area contributed by atoms with E-state index in [4.69, 9.17) is 9.72 Å². The minimum absolute atomic E-state index is 0.213. The molecule has 156 valence electrons. The molecular weight excluding hydrogens is 380 g/mol. The Bertz CT molecular complexity index is 950. The number of H-pyrrole nitrogens is 1. The maximum Gasteiger partial charge on any atom is 0.222 e. The van der Waals surface area contributed by atoms with E-state index in [0.29, 0.717) is 6.42 Å². The van der Waals surface area contributed by atoms with Gasteiger partial charge >= 0.3 is 0 Å². The highest BCUT2D eigenvalue weighted by Crippen LogP contribution is 2.28. The van der Waals surface area contributed by atoms with Crippen LogP contribution in [0.3, 0.4) is 0 Å². The molecule has 1 aromatic carbocycles. The number of rotatable bonds is 7. The third kappa shape index (κ3) is 4.82. The Kier molecular flexibility index (Phi) is 6.32. The van der Waals surface area contributed by atoms with E-state index < -0.39 is 0 Å². The van der Waals surface area contributed by atoms with Crippen molar-refractivity contribution in [3.8, 4) is 17.0 Å². The Labute approximate surface area is 175 Å². The van der Waals surface area contributed by atoms with Gasteiger partial charge in [-0.3, -0.25) is 4.79 Å². The third-order valence-corrected chi connectivity index (χ3v) is 5.56. The summed E-state index contributed by atoms with van der Waals surface area (Å²) >= 11 is 0. The third-order valence-electron chi connectivity index (χ3n) is 5.56. The molecule has 4 rings (SSSR count). The van der Waals surface area contributed by atoms with E-state index in [1.807, 2.05) is 41.4 Å². The average molecular weight is 406 g/mol. The smallest absolute Gasteiger partial charge is 0.222 e. The highest BCUT2D eigenvalue weighted by molar-refractivity contribution is 5.76. The molecule has 0 bridgehead atoms. The van der Waals surface area contributed by atoms with Gasteiger partial charge in [0.2, 0.25) is 5.91 Å². The summed E-state index contributed by atoms with van der Waals surface area (Å²) in [6, 6.07) is 9.81. The lowest BCUT2D eigenvalue weighted by Gasteiger charge is -2.31. The van der Waals surface area contributed by atoms with Crippen LogP contribution in [0, 0.1) is 0 Å². The highest BCUT2D eigenvalue weighted by Gasteiger charge is 2.25. The van der Waals surface area contributed by atoms with Gasteiger partial charge in [-0.25, -0.2) is 9.97 Å². The second-order valence-corrected chi connectivity index (χ2v) is 7.50. The second-order valence-electron chi connectivity index (χ2n) is 7.50. The molecule has 1 aliphatic heterocycles. The number of carbonyl (C=O) groups is 1. The molecule has 0 spiro atoms. The minimum Gasteiger partial charge on any atom is -0.497 e. The van der Waals surface area contributed by atoms with Crippen LogP contribution in [0.5, 0.6) is 5.75 Å². The molecule has 8 nitrogen and oxygen atoms in total. The lowest BCUT2D eigenvalue weighted by atomic mass is 9.95. The maximum absolute atomic E-state index is 12.5. The first-order valence-corrected chi connectivity index (χ1v) is 10.3. The molecule has 0 atom stereocenters. The van der Waals surface area contributed by atoms with Gasteiger partial charge in [0, 0.05) is 37.2 Å². The fourth-order valence-electron chi connectivity index (χ4n) is 3.80. The number of aryl methyl sites for hydroxylation is 1. The Morgan fingerprint density at radius 3 is 2.70 bits per heavy atom. The number of ether oxygens (including phenoxy) is 1. The second kappa shape index (κ2) is 9.47. The van der Waals surface area contributed by atoms with Gasteiger partial charge in [0.25, 0.3) is 0 Å². The van der Waals surface area contributed by atoms with Crippen LogP contribution in [0.25, 0.3) is 11.3 Å². The predicted octanol–water partition coefficient (Wildman–Crippen LogP) is 3.00. The first-order chi connectivity index (χ1) is 14.7. The standard InChI is InChI=1S/C22H26N6O2/c1-30-19-7-5-16(6-8-19)20-9-12-23-22(25-20)17-10-13-28(14-11-17)21(29)4-2-3-18-15-24-27-26-18/h5-9,12,15,17H,2-4,10-11,13-14H2,1H3,(H,24,26,27). The van der Waals surface area contributed by atoms with Crippen molar-refractivity contribution in [3.63, 3.8) is 0 Å². The Morgan fingerprint density at radius 2 is 2.00 bits per heavy atom. The molecule has 0 unspecified atom stereocenters. The van der Waals surface area contributed by atoms with Crippen molar-refractivity contribution in [1.82, 2.24) is 30.3 Å². The fraction of sp³-hybridized carbons (Fsp3) is 0.409. The van der Waals surface area contributed by atoms with Gasteiger partial charge in [0.15, 0.2) is 0 Å². The van der Waals surface area contributed by atoms with Gasteiger partial charge in [-0.1, -0.05) is 0 Å². The van der Waals surface area contributed by atoms with E-state index >= 15 is 0 Å². The van der Waals surface area contributed by atoms with Crippen LogP contribution in [0.15, 0.2) is 42.7 Å². The van der Waals surface area contributed by atoms with Gasteiger partial charge in [-0.05, 0) is 56.0 Å². The number of methoxy groups -OCH3 is 1. The molecule has 0 aliphatic carbocycles. The number of aromatic amines is 1. The summed E-state index contributed by atoms with van der Waals surface area (Å²) < 4.78 is 5.22. The zero-order valence-electron chi connectivity index (χ0n) is 17.1. The summed E-state index contributed by atoms with van der Waals surface area (Å²) in [5, 5.41) is 10.4. The molecule has 3 aromatic rings. The quantitative estimate of drug-likeness (QED) is 0.648. The number of hydrogen-bond acceptors (Lipinski definition) is 6. The van der Waals surface area contributed by atoms with E-state index in [2.05, 4.69) is 20.4 Å². The topological polar surface area (TPSA) is 96.9 Å². The number of carbonyl (C=O) groups excluding carboxylic acids is 1. The molecule has 1 fully saturated rings. The zero-order chi connectivity index (χ0) is 20.8. The molecule has 1 aliphatic rings. The van der Waals surface area contributed by atoms with Gasteiger partial charge in [0.1, 0.15) is 11.6 Å². The van der Waals surface area contributed by atoms with E-state index in [1.165, 1.54) is 0 Å². The zero-order valence-corrected chi connectivity index (χ0v) is 17.1. The van der Waals surface area contributed by atoms with Crippen LogP contribution in [0.2, 0.25) is 0 Å². The first kappa shape index (κ1) is 20.0. The first-order valence-electron chi connectivity index (χ1n) is 10.3. The normalized spacial score (nSPS) is 14.6. The van der Waals surface area contributed by atoms with Crippen molar-refractivity contribution in [2.45, 2.75) is 38.0 Å².